The molecule has 9 heteroatoms. The van der Waals surface area contributed by atoms with Gasteiger partial charge in [-0.25, -0.2) is 15.0 Å². The number of rotatable bonds is 3. The van der Waals surface area contributed by atoms with Crippen LogP contribution in [-0.2, 0) is 6.18 Å². The lowest BCUT2D eigenvalue weighted by molar-refractivity contribution is -0.137. The second-order valence-electron chi connectivity index (χ2n) is 6.04. The molecule has 1 atom stereocenters. The van der Waals surface area contributed by atoms with Gasteiger partial charge in [-0.15, -0.1) is 0 Å². The van der Waals surface area contributed by atoms with E-state index >= 15 is 0 Å². The Hall–Kier alpha value is -2.09. The van der Waals surface area contributed by atoms with Crippen LogP contribution in [0.15, 0.2) is 18.3 Å². The van der Waals surface area contributed by atoms with Crippen molar-refractivity contribution in [1.82, 2.24) is 15.0 Å². The second-order valence-corrected chi connectivity index (χ2v) is 6.45. The van der Waals surface area contributed by atoms with Crippen LogP contribution in [0.5, 0.6) is 0 Å². The zero-order valence-corrected chi connectivity index (χ0v) is 14.5. The minimum Gasteiger partial charge on any atom is -0.365 e. The largest absolute Gasteiger partial charge is 0.417 e. The van der Waals surface area contributed by atoms with Gasteiger partial charge in [-0.1, -0.05) is 11.6 Å². The number of halogens is 4. The molecule has 3 rings (SSSR count). The molecular weight excluding hydrogens is 355 g/mol. The molecule has 1 unspecified atom stereocenters. The summed E-state index contributed by atoms with van der Waals surface area (Å²) < 4.78 is 38.1. The number of nitrogens with zero attached hydrogens (tertiary/aromatic N) is 4. The summed E-state index contributed by atoms with van der Waals surface area (Å²) in [5, 5.41) is 3.34. The van der Waals surface area contributed by atoms with Crippen molar-refractivity contribution in [3.63, 3.8) is 0 Å². The summed E-state index contributed by atoms with van der Waals surface area (Å²) in [4.78, 5) is 14.4. The first-order valence-corrected chi connectivity index (χ1v) is 8.16. The number of hydrogen-bond donors (Lipinski definition) is 1. The quantitative estimate of drug-likeness (QED) is 0.888. The highest BCUT2D eigenvalue weighted by Crippen LogP contribution is 2.34. The third-order valence-corrected chi connectivity index (χ3v) is 4.23. The first-order chi connectivity index (χ1) is 11.7. The summed E-state index contributed by atoms with van der Waals surface area (Å²) in [6, 6.07) is 2.88. The fourth-order valence-electron chi connectivity index (χ4n) is 2.89. The molecule has 3 heterocycles. The van der Waals surface area contributed by atoms with Crippen molar-refractivity contribution in [1.29, 1.82) is 0 Å². The van der Waals surface area contributed by atoms with E-state index in [9.17, 15) is 13.2 Å². The second kappa shape index (κ2) is 6.67. The van der Waals surface area contributed by atoms with Crippen LogP contribution in [0.1, 0.15) is 23.5 Å². The monoisotopic (exact) mass is 371 g/mol. The third-order valence-electron chi connectivity index (χ3n) is 3.95. The van der Waals surface area contributed by atoms with Crippen LogP contribution in [-0.4, -0.2) is 34.1 Å². The number of hydrogen-bond acceptors (Lipinski definition) is 5. The molecule has 0 spiro atoms. The molecule has 2 aromatic rings. The maximum absolute atomic E-state index is 12.7. The molecule has 1 saturated heterocycles. The van der Waals surface area contributed by atoms with Gasteiger partial charge < -0.3 is 10.2 Å². The van der Waals surface area contributed by atoms with Crippen LogP contribution in [0.2, 0.25) is 5.02 Å². The van der Waals surface area contributed by atoms with Gasteiger partial charge in [0, 0.05) is 37.1 Å². The lowest BCUT2D eigenvalue weighted by Crippen LogP contribution is -2.27. The number of aromatic nitrogens is 3. The first kappa shape index (κ1) is 17.7. The van der Waals surface area contributed by atoms with Crippen molar-refractivity contribution < 1.29 is 13.2 Å². The van der Waals surface area contributed by atoms with E-state index < -0.39 is 11.7 Å². The molecule has 1 aliphatic rings. The van der Waals surface area contributed by atoms with Gasteiger partial charge >= 0.3 is 6.18 Å². The molecule has 0 amide bonds. The van der Waals surface area contributed by atoms with Crippen LogP contribution < -0.4 is 10.2 Å². The molecular formula is C16H17ClF3N5. The maximum atomic E-state index is 12.7. The molecule has 2 aromatic heterocycles. The Bertz CT molecular complexity index is 761. The zero-order valence-electron chi connectivity index (χ0n) is 13.7. The van der Waals surface area contributed by atoms with E-state index in [1.165, 1.54) is 0 Å². The average molecular weight is 372 g/mol. The highest BCUT2D eigenvalue weighted by molar-refractivity contribution is 6.33. The molecule has 0 aromatic carbocycles. The molecule has 0 bridgehead atoms. The molecule has 0 aliphatic carbocycles. The number of alkyl halides is 3. The minimum absolute atomic E-state index is 0.00389. The Morgan fingerprint density at radius 2 is 2.00 bits per heavy atom. The molecule has 0 saturated carbocycles. The standard InChI is InChI=1S/C16H17ClF3N5/c1-9-5-14(23-10(2)22-9)24-12-3-4-25(8-12)15-13(17)6-11(7-21-15)16(18,19)20/h5-7,12H,3-4,8H2,1-2H3,(H,22,23,24). The fourth-order valence-corrected chi connectivity index (χ4v) is 3.17. The summed E-state index contributed by atoms with van der Waals surface area (Å²) in [6.07, 6.45) is -2.83. The third kappa shape index (κ3) is 4.12. The van der Waals surface area contributed by atoms with E-state index in [4.69, 9.17) is 11.6 Å². The number of anilines is 2. The van der Waals surface area contributed by atoms with Crippen molar-refractivity contribution in [2.75, 3.05) is 23.3 Å². The van der Waals surface area contributed by atoms with Crippen LogP contribution in [0.3, 0.4) is 0 Å². The summed E-state index contributed by atoms with van der Waals surface area (Å²) in [5.41, 5.74) is 0.0272. The molecule has 134 valence electrons. The van der Waals surface area contributed by atoms with Crippen LogP contribution in [0, 0.1) is 13.8 Å². The topological polar surface area (TPSA) is 53.9 Å². The lowest BCUT2D eigenvalue weighted by atomic mass is 10.2. The van der Waals surface area contributed by atoms with Crippen LogP contribution in [0.25, 0.3) is 0 Å². The first-order valence-electron chi connectivity index (χ1n) is 7.79. The SMILES string of the molecule is Cc1cc(NC2CCN(c3ncc(C(F)(F)F)cc3Cl)C2)nc(C)n1. The number of aryl methyl sites for hydroxylation is 2. The van der Waals surface area contributed by atoms with Gasteiger partial charge in [-0.2, -0.15) is 13.2 Å². The average Bonchev–Trinajstić information content (AvgIpc) is 2.93. The van der Waals surface area contributed by atoms with E-state index in [-0.39, 0.29) is 11.1 Å². The Labute approximate surface area is 148 Å². The fraction of sp³-hybridized carbons (Fsp3) is 0.438. The van der Waals surface area contributed by atoms with Crippen molar-refractivity contribution in [3.8, 4) is 0 Å². The molecule has 25 heavy (non-hydrogen) atoms. The van der Waals surface area contributed by atoms with Crippen LogP contribution in [0.4, 0.5) is 24.8 Å². The van der Waals surface area contributed by atoms with E-state index in [1.807, 2.05) is 24.8 Å². The van der Waals surface area contributed by atoms with E-state index in [0.717, 1.165) is 30.2 Å². The van der Waals surface area contributed by atoms with Gasteiger partial charge in [0.05, 0.1) is 10.6 Å². The number of nitrogens with one attached hydrogen (secondary N) is 1. The normalized spacial score (nSPS) is 17.8. The van der Waals surface area contributed by atoms with Crippen molar-refractivity contribution in [2.45, 2.75) is 32.5 Å². The van der Waals surface area contributed by atoms with Crippen molar-refractivity contribution >= 4 is 23.2 Å². The molecule has 5 nitrogen and oxygen atoms in total. The summed E-state index contributed by atoms with van der Waals surface area (Å²) >= 11 is 6.02. The smallest absolute Gasteiger partial charge is 0.365 e. The molecule has 1 N–H and O–H groups in total. The Balaban J connectivity index is 1.70. The molecule has 1 fully saturated rings. The molecule has 1 aliphatic heterocycles. The summed E-state index contributed by atoms with van der Waals surface area (Å²) in [5.74, 6) is 1.79. The summed E-state index contributed by atoms with van der Waals surface area (Å²) in [7, 11) is 0. The van der Waals surface area contributed by atoms with Crippen LogP contribution >= 0.6 is 11.6 Å². The van der Waals surface area contributed by atoms with Crippen molar-refractivity contribution in [2.24, 2.45) is 0 Å². The van der Waals surface area contributed by atoms with Gasteiger partial charge in [-0.3, -0.25) is 0 Å². The Morgan fingerprint density at radius 3 is 2.64 bits per heavy atom. The van der Waals surface area contributed by atoms with Gasteiger partial charge in [0.25, 0.3) is 0 Å². The zero-order chi connectivity index (χ0) is 18.2. The highest BCUT2D eigenvalue weighted by atomic mass is 35.5. The van der Waals surface area contributed by atoms with E-state index in [2.05, 4.69) is 20.3 Å². The predicted molar refractivity (Wildman–Crippen MR) is 90.0 cm³/mol. The number of pyridine rings is 1. The predicted octanol–water partition coefficient (Wildman–Crippen LogP) is 3.85. The van der Waals surface area contributed by atoms with Gasteiger partial charge in [0.15, 0.2) is 0 Å². The van der Waals surface area contributed by atoms with Gasteiger partial charge in [-0.05, 0) is 26.3 Å². The van der Waals surface area contributed by atoms with Gasteiger partial charge in [0.1, 0.15) is 17.5 Å². The summed E-state index contributed by atoms with van der Waals surface area (Å²) in [6.45, 7) is 4.96. The maximum Gasteiger partial charge on any atom is 0.417 e. The highest BCUT2D eigenvalue weighted by Gasteiger charge is 2.33. The van der Waals surface area contributed by atoms with Gasteiger partial charge in [0.2, 0.25) is 0 Å². The lowest BCUT2D eigenvalue weighted by Gasteiger charge is -2.20. The minimum atomic E-state index is -4.45. The van der Waals surface area contributed by atoms with Crippen molar-refractivity contribution in [3.05, 3.63) is 40.4 Å². The Morgan fingerprint density at radius 1 is 1.24 bits per heavy atom. The Kier molecular flexibility index (Phi) is 4.73. The van der Waals surface area contributed by atoms with E-state index in [1.54, 1.807) is 0 Å². The van der Waals surface area contributed by atoms with E-state index in [0.29, 0.717) is 24.7 Å². The molecule has 0 radical (unpaired) electrons.